The quantitative estimate of drug-likeness (QED) is 0.882. The predicted molar refractivity (Wildman–Crippen MR) is 77.9 cm³/mol. The molecule has 0 aliphatic carbocycles. The van der Waals surface area contributed by atoms with Crippen molar-refractivity contribution in [3.05, 3.63) is 29.3 Å². The number of thiazole rings is 1. The largest absolute Gasteiger partial charge is 0.504 e. The molecule has 0 saturated carbocycles. The summed E-state index contributed by atoms with van der Waals surface area (Å²) < 4.78 is 5.03. The molecule has 2 rings (SSSR count). The number of phenolic OH excluding ortho intramolecular Hbond substituents is 1. The van der Waals surface area contributed by atoms with Crippen molar-refractivity contribution >= 4 is 11.3 Å². The molecule has 1 aromatic heterocycles. The normalized spacial score (nSPS) is 12.4. The van der Waals surface area contributed by atoms with Gasteiger partial charge in [-0.3, -0.25) is 0 Å². The standard InChI is InChI=1S/C14H18N2O2S/c1-4-15-9(2)13-8-16-14(19-13)10-5-6-12(18-3)11(17)7-10/h5-9,15,17H,4H2,1-3H3. The van der Waals surface area contributed by atoms with Gasteiger partial charge in [-0.05, 0) is 31.7 Å². The van der Waals surface area contributed by atoms with E-state index in [0.29, 0.717) is 11.8 Å². The average molecular weight is 278 g/mol. The topological polar surface area (TPSA) is 54.4 Å². The molecule has 0 spiro atoms. The van der Waals surface area contributed by atoms with E-state index in [1.54, 1.807) is 23.5 Å². The zero-order valence-electron chi connectivity index (χ0n) is 11.3. The summed E-state index contributed by atoms with van der Waals surface area (Å²) >= 11 is 1.63. The Balaban J connectivity index is 2.25. The van der Waals surface area contributed by atoms with E-state index in [2.05, 4.69) is 24.1 Å². The third-order valence-corrected chi connectivity index (χ3v) is 4.12. The highest BCUT2D eigenvalue weighted by molar-refractivity contribution is 7.15. The van der Waals surface area contributed by atoms with Crippen molar-refractivity contribution in [1.29, 1.82) is 0 Å². The van der Waals surface area contributed by atoms with Crippen LogP contribution < -0.4 is 10.1 Å². The Hall–Kier alpha value is -1.59. The third kappa shape index (κ3) is 3.05. The molecule has 2 N–H and O–H groups in total. The van der Waals surface area contributed by atoms with Crippen LogP contribution in [-0.2, 0) is 0 Å². The zero-order valence-corrected chi connectivity index (χ0v) is 12.1. The molecule has 0 fully saturated rings. The Morgan fingerprint density at radius 1 is 1.47 bits per heavy atom. The first-order chi connectivity index (χ1) is 9.15. The molecule has 19 heavy (non-hydrogen) atoms. The number of aromatic nitrogens is 1. The molecule has 0 amide bonds. The van der Waals surface area contributed by atoms with Crippen LogP contribution in [0.2, 0.25) is 0 Å². The molecule has 0 aliphatic rings. The van der Waals surface area contributed by atoms with Gasteiger partial charge in [0.1, 0.15) is 5.01 Å². The van der Waals surface area contributed by atoms with Gasteiger partial charge in [-0.1, -0.05) is 6.92 Å². The highest BCUT2D eigenvalue weighted by Crippen LogP contribution is 2.34. The molecule has 5 heteroatoms. The molecule has 0 aliphatic heterocycles. The van der Waals surface area contributed by atoms with Crippen LogP contribution in [0.25, 0.3) is 10.6 Å². The number of rotatable bonds is 5. The number of ether oxygens (including phenoxy) is 1. The van der Waals surface area contributed by atoms with E-state index in [4.69, 9.17) is 4.74 Å². The Morgan fingerprint density at radius 3 is 2.89 bits per heavy atom. The van der Waals surface area contributed by atoms with Gasteiger partial charge in [0.25, 0.3) is 0 Å². The maximum Gasteiger partial charge on any atom is 0.160 e. The van der Waals surface area contributed by atoms with Crippen molar-refractivity contribution in [3.63, 3.8) is 0 Å². The van der Waals surface area contributed by atoms with Crippen molar-refractivity contribution in [1.82, 2.24) is 10.3 Å². The molecule has 0 saturated heterocycles. The van der Waals surface area contributed by atoms with Crippen molar-refractivity contribution in [3.8, 4) is 22.1 Å². The summed E-state index contributed by atoms with van der Waals surface area (Å²) in [6, 6.07) is 5.63. The van der Waals surface area contributed by atoms with Gasteiger partial charge in [-0.15, -0.1) is 11.3 Å². The molecule has 4 nitrogen and oxygen atoms in total. The average Bonchev–Trinajstić information content (AvgIpc) is 2.88. The molecule has 1 unspecified atom stereocenters. The van der Waals surface area contributed by atoms with E-state index in [0.717, 1.165) is 17.1 Å². The van der Waals surface area contributed by atoms with Crippen LogP contribution in [-0.4, -0.2) is 23.7 Å². The Bertz CT molecular complexity index is 554. The van der Waals surface area contributed by atoms with Crippen LogP contribution in [0, 0.1) is 0 Å². The van der Waals surface area contributed by atoms with Crippen LogP contribution in [0.4, 0.5) is 0 Å². The Labute approximate surface area is 117 Å². The van der Waals surface area contributed by atoms with Gasteiger partial charge in [0.15, 0.2) is 11.5 Å². The summed E-state index contributed by atoms with van der Waals surface area (Å²) in [5.41, 5.74) is 0.901. The van der Waals surface area contributed by atoms with Gasteiger partial charge in [-0.2, -0.15) is 0 Å². The van der Waals surface area contributed by atoms with Gasteiger partial charge in [0.05, 0.1) is 7.11 Å². The van der Waals surface area contributed by atoms with E-state index < -0.39 is 0 Å². The number of aromatic hydroxyl groups is 1. The van der Waals surface area contributed by atoms with Crippen LogP contribution in [0.3, 0.4) is 0 Å². The molecular formula is C14H18N2O2S. The Morgan fingerprint density at radius 2 is 2.26 bits per heavy atom. The van der Waals surface area contributed by atoms with Gasteiger partial charge in [0.2, 0.25) is 0 Å². The van der Waals surface area contributed by atoms with Crippen molar-refractivity contribution in [2.24, 2.45) is 0 Å². The predicted octanol–water partition coefficient (Wildman–Crippen LogP) is 3.19. The molecule has 2 aromatic rings. The van der Waals surface area contributed by atoms with Crippen molar-refractivity contribution in [2.45, 2.75) is 19.9 Å². The minimum atomic E-state index is 0.136. The fourth-order valence-corrected chi connectivity index (χ4v) is 2.79. The lowest BCUT2D eigenvalue weighted by molar-refractivity contribution is 0.373. The van der Waals surface area contributed by atoms with E-state index in [1.165, 1.54) is 12.0 Å². The minimum Gasteiger partial charge on any atom is -0.504 e. The first kappa shape index (κ1) is 13.8. The van der Waals surface area contributed by atoms with Crippen LogP contribution >= 0.6 is 11.3 Å². The second kappa shape index (κ2) is 6.04. The maximum atomic E-state index is 9.79. The number of nitrogens with zero attached hydrogens (tertiary/aromatic N) is 1. The number of hydrogen-bond acceptors (Lipinski definition) is 5. The highest BCUT2D eigenvalue weighted by Gasteiger charge is 2.11. The van der Waals surface area contributed by atoms with E-state index in [9.17, 15) is 5.11 Å². The molecule has 0 radical (unpaired) electrons. The van der Waals surface area contributed by atoms with E-state index in [1.807, 2.05) is 12.3 Å². The second-order valence-corrected chi connectivity index (χ2v) is 5.30. The number of phenols is 1. The van der Waals surface area contributed by atoms with E-state index in [-0.39, 0.29) is 5.75 Å². The number of hydrogen-bond donors (Lipinski definition) is 2. The fourth-order valence-electron chi connectivity index (χ4n) is 1.85. The maximum absolute atomic E-state index is 9.79. The number of benzene rings is 1. The lowest BCUT2D eigenvalue weighted by Crippen LogP contribution is -2.16. The molecule has 102 valence electrons. The Kier molecular flexibility index (Phi) is 4.39. The van der Waals surface area contributed by atoms with Crippen LogP contribution in [0.1, 0.15) is 24.8 Å². The zero-order chi connectivity index (χ0) is 13.8. The summed E-state index contributed by atoms with van der Waals surface area (Å²) in [7, 11) is 1.54. The highest BCUT2D eigenvalue weighted by atomic mass is 32.1. The SMILES string of the molecule is CCNC(C)c1cnc(-c2ccc(OC)c(O)c2)s1. The van der Waals surface area contributed by atoms with Gasteiger partial charge in [0, 0.05) is 22.7 Å². The second-order valence-electron chi connectivity index (χ2n) is 4.23. The molecule has 0 bridgehead atoms. The van der Waals surface area contributed by atoms with Crippen molar-refractivity contribution < 1.29 is 9.84 Å². The summed E-state index contributed by atoms with van der Waals surface area (Å²) in [6.07, 6.45) is 1.88. The number of nitrogens with one attached hydrogen (secondary N) is 1. The molecular weight excluding hydrogens is 260 g/mol. The molecule has 1 aromatic carbocycles. The smallest absolute Gasteiger partial charge is 0.160 e. The third-order valence-electron chi connectivity index (χ3n) is 2.89. The molecule has 1 atom stereocenters. The van der Waals surface area contributed by atoms with Gasteiger partial charge < -0.3 is 15.2 Å². The lowest BCUT2D eigenvalue weighted by atomic mass is 10.2. The first-order valence-corrected chi connectivity index (χ1v) is 7.03. The van der Waals surface area contributed by atoms with Crippen LogP contribution in [0.15, 0.2) is 24.4 Å². The van der Waals surface area contributed by atoms with Gasteiger partial charge in [-0.25, -0.2) is 4.98 Å². The van der Waals surface area contributed by atoms with Crippen molar-refractivity contribution in [2.75, 3.05) is 13.7 Å². The summed E-state index contributed by atoms with van der Waals surface area (Å²) in [4.78, 5) is 5.60. The summed E-state index contributed by atoms with van der Waals surface area (Å²) in [5.74, 6) is 0.609. The monoisotopic (exact) mass is 278 g/mol. The van der Waals surface area contributed by atoms with E-state index >= 15 is 0 Å². The first-order valence-electron chi connectivity index (χ1n) is 6.22. The summed E-state index contributed by atoms with van der Waals surface area (Å²) in [5, 5.41) is 14.1. The molecule has 1 heterocycles. The fraction of sp³-hybridized carbons (Fsp3) is 0.357. The minimum absolute atomic E-state index is 0.136. The van der Waals surface area contributed by atoms with Crippen LogP contribution in [0.5, 0.6) is 11.5 Å². The lowest BCUT2D eigenvalue weighted by Gasteiger charge is -2.08. The van der Waals surface area contributed by atoms with Gasteiger partial charge >= 0.3 is 0 Å². The summed E-state index contributed by atoms with van der Waals surface area (Å²) in [6.45, 7) is 5.13. The number of methoxy groups -OCH3 is 1.